The molecule has 0 bridgehead atoms. The Hall–Kier alpha value is -0.460. The average Bonchev–Trinajstić information content (AvgIpc) is 2.53. The van der Waals surface area contributed by atoms with Crippen LogP contribution in [-0.4, -0.2) is 54.9 Å². The van der Waals surface area contributed by atoms with Gasteiger partial charge in [0.25, 0.3) is 0 Å². The van der Waals surface area contributed by atoms with Crippen LogP contribution in [0.1, 0.15) is 13.8 Å². The van der Waals surface area contributed by atoms with Gasteiger partial charge < -0.3 is 10.1 Å². The molecule has 2 rings (SSSR count). The lowest BCUT2D eigenvalue weighted by Gasteiger charge is -2.40. The largest absolute Gasteiger partial charge is 0.379 e. The Morgan fingerprint density at radius 1 is 1.30 bits per heavy atom. The highest BCUT2D eigenvalue weighted by Crippen LogP contribution is 2.33. The number of amides is 1. The molecule has 7 heteroatoms. The number of nitrogens with zero attached hydrogens (tertiary/aromatic N) is 1. The molecule has 128 valence electrons. The molecule has 0 saturated carbocycles. The summed E-state index contributed by atoms with van der Waals surface area (Å²) in [5, 5.41) is 4.15. The third-order valence-corrected chi connectivity index (χ3v) is 5.84. The van der Waals surface area contributed by atoms with Gasteiger partial charge in [0.05, 0.1) is 29.0 Å². The van der Waals surface area contributed by atoms with E-state index in [-0.39, 0.29) is 11.4 Å². The van der Waals surface area contributed by atoms with E-state index in [1.165, 1.54) is 11.8 Å². The smallest absolute Gasteiger partial charge is 0.230 e. The second-order valence-electron chi connectivity index (χ2n) is 6.03. The molecule has 0 atom stereocenters. The quantitative estimate of drug-likeness (QED) is 0.773. The number of nitrogens with one attached hydrogen (secondary N) is 1. The van der Waals surface area contributed by atoms with Crippen molar-refractivity contribution in [1.82, 2.24) is 10.2 Å². The third kappa shape index (κ3) is 5.54. The van der Waals surface area contributed by atoms with E-state index in [9.17, 15) is 4.79 Å². The lowest BCUT2D eigenvalue weighted by molar-refractivity contribution is -0.119. The molecule has 0 radical (unpaired) electrons. The van der Waals surface area contributed by atoms with E-state index in [0.29, 0.717) is 22.3 Å². The van der Waals surface area contributed by atoms with Crippen LogP contribution in [0, 0.1) is 0 Å². The molecule has 0 aromatic heterocycles. The maximum Gasteiger partial charge on any atom is 0.230 e. The normalized spacial score (nSPS) is 16.3. The molecule has 1 aromatic rings. The minimum Gasteiger partial charge on any atom is -0.379 e. The molecule has 1 N–H and O–H groups in total. The second kappa shape index (κ2) is 8.58. The summed E-state index contributed by atoms with van der Waals surface area (Å²) < 4.78 is 5.37. The topological polar surface area (TPSA) is 41.6 Å². The molecule has 1 fully saturated rings. The highest BCUT2D eigenvalue weighted by molar-refractivity contribution is 8.00. The number of thioether (sulfide) groups is 1. The standard InChI is InChI=1S/C16H22Cl2N2O2S/c1-16(2,20-6-8-22-9-7-20)11-19-14(21)10-23-15-12(17)4-3-5-13(15)18/h3-5H,6-11H2,1-2H3,(H,19,21). The van der Waals surface area contributed by atoms with Crippen molar-refractivity contribution < 1.29 is 9.53 Å². The van der Waals surface area contributed by atoms with Crippen molar-refractivity contribution in [1.29, 1.82) is 0 Å². The van der Waals surface area contributed by atoms with Crippen molar-refractivity contribution in [2.75, 3.05) is 38.6 Å². The monoisotopic (exact) mass is 376 g/mol. The number of morpholine rings is 1. The van der Waals surface area contributed by atoms with E-state index in [0.717, 1.165) is 31.2 Å². The first-order valence-corrected chi connectivity index (χ1v) is 9.30. The highest BCUT2D eigenvalue weighted by atomic mass is 35.5. The van der Waals surface area contributed by atoms with Crippen molar-refractivity contribution in [3.05, 3.63) is 28.2 Å². The summed E-state index contributed by atoms with van der Waals surface area (Å²) in [5.74, 6) is 0.273. The summed E-state index contributed by atoms with van der Waals surface area (Å²) in [5.41, 5.74) is -0.0911. The maximum absolute atomic E-state index is 12.1. The highest BCUT2D eigenvalue weighted by Gasteiger charge is 2.28. The van der Waals surface area contributed by atoms with Crippen molar-refractivity contribution in [3.63, 3.8) is 0 Å². The van der Waals surface area contributed by atoms with Gasteiger partial charge in [-0.25, -0.2) is 0 Å². The Morgan fingerprint density at radius 3 is 2.52 bits per heavy atom. The number of hydrogen-bond donors (Lipinski definition) is 1. The van der Waals surface area contributed by atoms with E-state index < -0.39 is 0 Å². The SMILES string of the molecule is CC(C)(CNC(=O)CSc1c(Cl)cccc1Cl)N1CCOCC1. The molecular weight excluding hydrogens is 355 g/mol. The van der Waals surface area contributed by atoms with Crippen molar-refractivity contribution in [3.8, 4) is 0 Å². The molecule has 0 unspecified atom stereocenters. The van der Waals surface area contributed by atoms with Crippen LogP contribution in [-0.2, 0) is 9.53 Å². The summed E-state index contributed by atoms with van der Waals surface area (Å²) in [6, 6.07) is 5.34. The Labute approximate surface area is 151 Å². The number of ether oxygens (including phenoxy) is 1. The zero-order valence-electron chi connectivity index (χ0n) is 13.4. The molecule has 1 aliphatic heterocycles. The number of rotatable bonds is 6. The fourth-order valence-electron chi connectivity index (χ4n) is 2.40. The van der Waals surface area contributed by atoms with Crippen LogP contribution in [0.5, 0.6) is 0 Å². The predicted molar refractivity (Wildman–Crippen MR) is 96.7 cm³/mol. The molecule has 1 amide bonds. The molecule has 0 aliphatic carbocycles. The van der Waals surface area contributed by atoms with Gasteiger partial charge in [-0.2, -0.15) is 0 Å². The maximum atomic E-state index is 12.1. The summed E-state index contributed by atoms with van der Waals surface area (Å²) >= 11 is 13.6. The summed E-state index contributed by atoms with van der Waals surface area (Å²) in [7, 11) is 0. The van der Waals surface area contributed by atoms with Crippen molar-refractivity contribution in [2.45, 2.75) is 24.3 Å². The Bertz CT molecular complexity index is 529. The molecule has 1 aliphatic rings. The van der Waals surface area contributed by atoms with Crippen LogP contribution in [0.4, 0.5) is 0 Å². The Morgan fingerprint density at radius 2 is 1.91 bits per heavy atom. The molecule has 1 saturated heterocycles. The van der Waals surface area contributed by atoms with Crippen LogP contribution in [0.25, 0.3) is 0 Å². The van der Waals surface area contributed by atoms with E-state index in [1.807, 2.05) is 0 Å². The lowest BCUT2D eigenvalue weighted by atomic mass is 10.0. The minimum atomic E-state index is -0.0911. The minimum absolute atomic E-state index is 0.0210. The van der Waals surface area contributed by atoms with Crippen LogP contribution < -0.4 is 5.32 Å². The summed E-state index contributed by atoms with van der Waals surface area (Å²) in [4.78, 5) is 15.2. The number of halogens is 2. The van der Waals surface area contributed by atoms with Gasteiger partial charge in [-0.1, -0.05) is 29.3 Å². The lowest BCUT2D eigenvalue weighted by Crippen LogP contribution is -2.55. The van der Waals surface area contributed by atoms with Gasteiger partial charge in [-0.15, -0.1) is 11.8 Å². The third-order valence-electron chi connectivity index (χ3n) is 3.85. The summed E-state index contributed by atoms with van der Waals surface area (Å²) in [6.45, 7) is 8.16. The van der Waals surface area contributed by atoms with Gasteiger partial charge in [0, 0.05) is 30.1 Å². The zero-order chi connectivity index (χ0) is 16.9. The van der Waals surface area contributed by atoms with Gasteiger partial charge in [-0.3, -0.25) is 9.69 Å². The van der Waals surface area contributed by atoms with Gasteiger partial charge >= 0.3 is 0 Å². The van der Waals surface area contributed by atoms with E-state index in [1.54, 1.807) is 18.2 Å². The number of carbonyl (C=O) groups is 1. The first-order chi connectivity index (χ1) is 10.9. The number of hydrogen-bond acceptors (Lipinski definition) is 4. The van der Waals surface area contributed by atoms with E-state index in [2.05, 4.69) is 24.1 Å². The molecular formula is C16H22Cl2N2O2S. The van der Waals surface area contributed by atoms with Crippen molar-refractivity contribution >= 4 is 40.9 Å². The van der Waals surface area contributed by atoms with Gasteiger partial charge in [0.15, 0.2) is 0 Å². The fourth-order valence-corrected chi connectivity index (χ4v) is 3.92. The fraction of sp³-hybridized carbons (Fsp3) is 0.562. The average molecular weight is 377 g/mol. The predicted octanol–water partition coefficient (Wildman–Crippen LogP) is 3.31. The van der Waals surface area contributed by atoms with Crippen LogP contribution >= 0.6 is 35.0 Å². The van der Waals surface area contributed by atoms with E-state index in [4.69, 9.17) is 27.9 Å². The molecule has 23 heavy (non-hydrogen) atoms. The first-order valence-electron chi connectivity index (χ1n) is 7.56. The molecule has 0 spiro atoms. The van der Waals surface area contributed by atoms with Gasteiger partial charge in [0.1, 0.15) is 0 Å². The Balaban J connectivity index is 1.80. The zero-order valence-corrected chi connectivity index (χ0v) is 15.7. The van der Waals surface area contributed by atoms with Crippen molar-refractivity contribution in [2.24, 2.45) is 0 Å². The van der Waals surface area contributed by atoms with Crippen LogP contribution in [0.15, 0.2) is 23.1 Å². The van der Waals surface area contributed by atoms with Crippen LogP contribution in [0.3, 0.4) is 0 Å². The number of carbonyl (C=O) groups excluding carboxylic acids is 1. The van der Waals surface area contributed by atoms with Gasteiger partial charge in [-0.05, 0) is 26.0 Å². The molecule has 1 aromatic carbocycles. The molecule has 4 nitrogen and oxygen atoms in total. The van der Waals surface area contributed by atoms with Gasteiger partial charge in [0.2, 0.25) is 5.91 Å². The second-order valence-corrected chi connectivity index (χ2v) is 7.83. The summed E-state index contributed by atoms with van der Waals surface area (Å²) in [6.07, 6.45) is 0. The Kier molecular flexibility index (Phi) is 7.04. The first kappa shape index (κ1) is 18.9. The molecule has 1 heterocycles. The van der Waals surface area contributed by atoms with Crippen LogP contribution in [0.2, 0.25) is 10.0 Å². The van der Waals surface area contributed by atoms with E-state index >= 15 is 0 Å². The number of benzene rings is 1.